The van der Waals surface area contributed by atoms with Gasteiger partial charge in [0.15, 0.2) is 9.84 Å². The van der Waals surface area contributed by atoms with Gasteiger partial charge in [-0.05, 0) is 38.9 Å². The minimum absolute atomic E-state index is 0.0304. The van der Waals surface area contributed by atoms with E-state index in [1.165, 1.54) is 5.56 Å². The molecule has 0 saturated carbocycles. The summed E-state index contributed by atoms with van der Waals surface area (Å²) in [5.41, 5.74) is 2.36. The number of carbonyl (C=O) groups is 1. The highest BCUT2D eigenvalue weighted by Crippen LogP contribution is 2.22. The van der Waals surface area contributed by atoms with E-state index in [-0.39, 0.29) is 29.4 Å². The standard InChI is InChI=1S/C17H26N2O3S/c1-13-4-6-15(7-5-13)16(19(2)3)11-18-17(20)10-14-8-9-23(21,22)12-14/h4-7,14,16H,8-12H2,1-3H3,(H,18,20). The predicted molar refractivity (Wildman–Crippen MR) is 92.0 cm³/mol. The Morgan fingerprint density at radius 3 is 2.48 bits per heavy atom. The van der Waals surface area contributed by atoms with Crippen LogP contribution in [0.4, 0.5) is 0 Å². The number of hydrogen-bond acceptors (Lipinski definition) is 4. The summed E-state index contributed by atoms with van der Waals surface area (Å²) in [7, 11) is 1.05. The third-order valence-electron chi connectivity index (χ3n) is 4.38. The molecule has 6 heteroatoms. The topological polar surface area (TPSA) is 66.5 Å². The second-order valence-electron chi connectivity index (χ2n) is 6.67. The molecule has 1 aromatic carbocycles. The number of carbonyl (C=O) groups excluding carboxylic acids is 1. The second kappa shape index (κ2) is 7.45. The highest BCUT2D eigenvalue weighted by Gasteiger charge is 2.29. The Hall–Kier alpha value is -1.40. The highest BCUT2D eigenvalue weighted by molar-refractivity contribution is 7.91. The van der Waals surface area contributed by atoms with Crippen molar-refractivity contribution in [1.82, 2.24) is 10.2 Å². The van der Waals surface area contributed by atoms with Crippen LogP contribution in [-0.2, 0) is 14.6 Å². The summed E-state index contributed by atoms with van der Waals surface area (Å²) in [6.45, 7) is 2.57. The van der Waals surface area contributed by atoms with Crippen LogP contribution >= 0.6 is 0 Å². The Morgan fingerprint density at radius 2 is 1.96 bits per heavy atom. The molecule has 23 heavy (non-hydrogen) atoms. The summed E-state index contributed by atoms with van der Waals surface area (Å²) in [6, 6.07) is 8.39. The molecule has 1 aliphatic heterocycles. The lowest BCUT2D eigenvalue weighted by atomic mass is 10.0. The minimum Gasteiger partial charge on any atom is -0.354 e. The van der Waals surface area contributed by atoms with E-state index in [4.69, 9.17) is 0 Å². The summed E-state index contributed by atoms with van der Waals surface area (Å²) in [5, 5.41) is 2.96. The Labute approximate surface area is 139 Å². The van der Waals surface area contributed by atoms with Gasteiger partial charge in [-0.3, -0.25) is 4.79 Å². The third-order valence-corrected chi connectivity index (χ3v) is 6.22. The van der Waals surface area contributed by atoms with E-state index < -0.39 is 9.84 Å². The number of likely N-dealkylation sites (N-methyl/N-ethyl adjacent to an activating group) is 1. The monoisotopic (exact) mass is 338 g/mol. The SMILES string of the molecule is Cc1ccc(C(CNC(=O)CC2CCS(=O)(=O)C2)N(C)C)cc1. The van der Waals surface area contributed by atoms with Crippen molar-refractivity contribution in [3.05, 3.63) is 35.4 Å². The molecular weight excluding hydrogens is 312 g/mol. The maximum Gasteiger partial charge on any atom is 0.220 e. The van der Waals surface area contributed by atoms with Gasteiger partial charge in [0.2, 0.25) is 5.91 Å². The van der Waals surface area contributed by atoms with Crippen molar-refractivity contribution < 1.29 is 13.2 Å². The molecule has 1 aromatic rings. The van der Waals surface area contributed by atoms with E-state index in [9.17, 15) is 13.2 Å². The van der Waals surface area contributed by atoms with E-state index in [1.807, 2.05) is 21.0 Å². The van der Waals surface area contributed by atoms with Crippen LogP contribution in [0.3, 0.4) is 0 Å². The maximum atomic E-state index is 12.1. The number of amides is 1. The summed E-state index contributed by atoms with van der Waals surface area (Å²) >= 11 is 0. The first-order valence-electron chi connectivity index (χ1n) is 7.97. The zero-order valence-corrected chi connectivity index (χ0v) is 14.9. The van der Waals surface area contributed by atoms with E-state index >= 15 is 0 Å². The number of benzene rings is 1. The molecule has 0 aliphatic carbocycles. The van der Waals surface area contributed by atoms with Gasteiger partial charge in [0.1, 0.15) is 0 Å². The van der Waals surface area contributed by atoms with Crippen LogP contribution in [0, 0.1) is 12.8 Å². The lowest BCUT2D eigenvalue weighted by Crippen LogP contribution is -2.35. The Morgan fingerprint density at radius 1 is 1.30 bits per heavy atom. The number of sulfone groups is 1. The number of nitrogens with zero attached hydrogens (tertiary/aromatic N) is 1. The Balaban J connectivity index is 1.89. The van der Waals surface area contributed by atoms with Crippen LogP contribution < -0.4 is 5.32 Å². The molecule has 1 heterocycles. The highest BCUT2D eigenvalue weighted by atomic mass is 32.2. The first-order valence-corrected chi connectivity index (χ1v) is 9.79. The van der Waals surface area contributed by atoms with Crippen LogP contribution in [0.25, 0.3) is 0 Å². The average Bonchev–Trinajstić information content (AvgIpc) is 2.79. The van der Waals surface area contributed by atoms with Gasteiger partial charge in [0.05, 0.1) is 17.5 Å². The number of nitrogens with one attached hydrogen (secondary N) is 1. The molecule has 5 nitrogen and oxygen atoms in total. The van der Waals surface area contributed by atoms with Crippen molar-refractivity contribution in [2.24, 2.45) is 5.92 Å². The number of rotatable bonds is 6. The van der Waals surface area contributed by atoms with E-state index in [2.05, 4.69) is 34.5 Å². The van der Waals surface area contributed by atoms with Crippen LogP contribution in [-0.4, -0.2) is 51.4 Å². The van der Waals surface area contributed by atoms with Gasteiger partial charge in [-0.15, -0.1) is 0 Å². The average molecular weight is 338 g/mol. The molecule has 0 radical (unpaired) electrons. The quantitative estimate of drug-likeness (QED) is 0.854. The van der Waals surface area contributed by atoms with Crippen molar-refractivity contribution in [2.45, 2.75) is 25.8 Å². The van der Waals surface area contributed by atoms with Gasteiger partial charge < -0.3 is 10.2 Å². The predicted octanol–water partition coefficient (Wildman–Crippen LogP) is 1.54. The molecule has 0 bridgehead atoms. The third kappa shape index (κ3) is 5.32. The van der Waals surface area contributed by atoms with Gasteiger partial charge in [-0.25, -0.2) is 8.42 Å². The fourth-order valence-corrected chi connectivity index (χ4v) is 4.83. The van der Waals surface area contributed by atoms with Crippen LogP contribution in [0.2, 0.25) is 0 Å². The van der Waals surface area contributed by atoms with Gasteiger partial charge in [-0.2, -0.15) is 0 Å². The maximum absolute atomic E-state index is 12.1. The molecule has 2 unspecified atom stereocenters. The molecule has 2 rings (SSSR count). The molecule has 128 valence electrons. The lowest BCUT2D eigenvalue weighted by molar-refractivity contribution is -0.122. The van der Waals surface area contributed by atoms with Crippen LogP contribution in [0.1, 0.15) is 30.0 Å². The largest absolute Gasteiger partial charge is 0.354 e. The van der Waals surface area contributed by atoms with Gasteiger partial charge in [0.25, 0.3) is 0 Å². The van der Waals surface area contributed by atoms with Gasteiger partial charge in [0, 0.05) is 13.0 Å². The molecule has 1 saturated heterocycles. The van der Waals surface area contributed by atoms with Crippen LogP contribution in [0.15, 0.2) is 24.3 Å². The summed E-state index contributed by atoms with van der Waals surface area (Å²) in [6.07, 6.45) is 0.901. The minimum atomic E-state index is -2.92. The van der Waals surface area contributed by atoms with Crippen molar-refractivity contribution in [3.63, 3.8) is 0 Å². The van der Waals surface area contributed by atoms with Gasteiger partial charge >= 0.3 is 0 Å². The molecular formula is C17H26N2O3S. The molecule has 0 aromatic heterocycles. The molecule has 1 fully saturated rings. The summed E-state index contributed by atoms with van der Waals surface area (Å²) < 4.78 is 22.9. The molecule has 1 aliphatic rings. The van der Waals surface area contributed by atoms with Crippen molar-refractivity contribution in [1.29, 1.82) is 0 Å². The summed E-state index contributed by atoms with van der Waals surface area (Å²) in [4.78, 5) is 14.2. The van der Waals surface area contributed by atoms with E-state index in [1.54, 1.807) is 0 Å². The first-order chi connectivity index (χ1) is 10.8. The smallest absolute Gasteiger partial charge is 0.220 e. The van der Waals surface area contributed by atoms with E-state index in [0.29, 0.717) is 19.4 Å². The molecule has 1 N–H and O–H groups in total. The van der Waals surface area contributed by atoms with Crippen LogP contribution in [0.5, 0.6) is 0 Å². The summed E-state index contributed by atoms with van der Waals surface area (Å²) in [5.74, 6) is 0.271. The second-order valence-corrected chi connectivity index (χ2v) is 8.90. The van der Waals surface area contributed by atoms with Crippen molar-refractivity contribution in [3.8, 4) is 0 Å². The molecule has 2 atom stereocenters. The normalized spacial score (nSPS) is 21.3. The zero-order chi connectivity index (χ0) is 17.0. The fourth-order valence-electron chi connectivity index (χ4n) is 2.97. The fraction of sp³-hybridized carbons (Fsp3) is 0.588. The Bertz CT molecular complexity index is 638. The Kier molecular flexibility index (Phi) is 5.81. The number of aryl methyl sites for hydroxylation is 1. The first kappa shape index (κ1) is 17.9. The molecule has 0 spiro atoms. The van der Waals surface area contributed by atoms with Crippen molar-refractivity contribution in [2.75, 3.05) is 32.1 Å². The lowest BCUT2D eigenvalue weighted by Gasteiger charge is -2.25. The van der Waals surface area contributed by atoms with Gasteiger partial charge in [-0.1, -0.05) is 29.8 Å². The molecule has 1 amide bonds. The zero-order valence-electron chi connectivity index (χ0n) is 14.1. The number of hydrogen-bond donors (Lipinski definition) is 1. The van der Waals surface area contributed by atoms with Crippen molar-refractivity contribution >= 4 is 15.7 Å². The van der Waals surface area contributed by atoms with E-state index in [0.717, 1.165) is 5.56 Å².